The number of aliphatic hydroxyl groups is 1. The van der Waals surface area contributed by atoms with Crippen LogP contribution in [0.15, 0.2) is 66.2 Å². The first kappa shape index (κ1) is 25.1. The van der Waals surface area contributed by atoms with Gasteiger partial charge in [-0.1, -0.05) is 40.6 Å². The molecule has 0 spiro atoms. The lowest BCUT2D eigenvalue weighted by Crippen LogP contribution is -2.29. The number of rotatable bonds is 6. The van der Waals surface area contributed by atoms with Gasteiger partial charge in [0.05, 0.1) is 45.6 Å². The van der Waals surface area contributed by atoms with E-state index in [0.717, 1.165) is 4.70 Å². The number of anilines is 1. The zero-order chi connectivity index (χ0) is 26.3. The molecule has 1 atom stereocenters. The summed E-state index contributed by atoms with van der Waals surface area (Å²) in [5.41, 5.74) is 1.42. The maximum absolute atomic E-state index is 13.4. The average molecular weight is 555 g/mol. The molecular weight excluding hydrogens is 535 g/mol. The van der Waals surface area contributed by atoms with E-state index in [4.69, 9.17) is 32.7 Å². The van der Waals surface area contributed by atoms with Crippen LogP contribution in [0.3, 0.4) is 0 Å². The molecule has 1 aliphatic rings. The molecule has 3 aromatic carbocycles. The van der Waals surface area contributed by atoms with Crippen molar-refractivity contribution in [2.24, 2.45) is 0 Å². The molecule has 0 aliphatic carbocycles. The fourth-order valence-corrected chi connectivity index (χ4v) is 5.51. The third-order valence-electron chi connectivity index (χ3n) is 5.93. The number of carbonyl (C=O) groups is 2. The van der Waals surface area contributed by atoms with Crippen LogP contribution in [0, 0.1) is 0 Å². The van der Waals surface area contributed by atoms with Crippen LogP contribution >= 0.6 is 34.5 Å². The maximum atomic E-state index is 13.4. The summed E-state index contributed by atoms with van der Waals surface area (Å²) in [6.45, 7) is 2.40. The number of carbonyl (C=O) groups excluding carboxylic acids is 2. The molecule has 1 unspecified atom stereocenters. The zero-order valence-corrected chi connectivity index (χ0v) is 22.0. The van der Waals surface area contributed by atoms with Gasteiger partial charge >= 0.3 is 5.91 Å². The van der Waals surface area contributed by atoms with Gasteiger partial charge in [0, 0.05) is 5.56 Å². The monoisotopic (exact) mass is 554 g/mol. The van der Waals surface area contributed by atoms with Crippen molar-refractivity contribution in [1.82, 2.24) is 4.98 Å². The van der Waals surface area contributed by atoms with Crippen LogP contribution in [-0.4, -0.2) is 35.5 Å². The van der Waals surface area contributed by atoms with Crippen molar-refractivity contribution in [2.45, 2.75) is 13.0 Å². The summed E-state index contributed by atoms with van der Waals surface area (Å²) in [6.07, 6.45) is 0. The van der Waals surface area contributed by atoms with Crippen molar-refractivity contribution in [2.75, 3.05) is 18.6 Å². The molecule has 1 N–H and O–H groups in total. The van der Waals surface area contributed by atoms with Gasteiger partial charge < -0.3 is 14.6 Å². The Morgan fingerprint density at radius 1 is 1.03 bits per heavy atom. The minimum absolute atomic E-state index is 0.0807. The number of nitrogens with zero attached hydrogens (tertiary/aromatic N) is 2. The molecule has 1 amide bonds. The Hall–Kier alpha value is -3.59. The van der Waals surface area contributed by atoms with Crippen LogP contribution in [0.5, 0.6) is 11.5 Å². The SMILES string of the molecule is CCOc1ccc2nc(N3C(=O)C(=O)/C(=C(/O)c4ccc(OC)cc4)C3c3ccc(Cl)c(Cl)c3)sc2c1. The van der Waals surface area contributed by atoms with Gasteiger partial charge in [0.2, 0.25) is 0 Å². The van der Waals surface area contributed by atoms with Crippen LogP contribution in [0.4, 0.5) is 5.13 Å². The Bertz CT molecular complexity index is 1570. The minimum atomic E-state index is -0.983. The molecule has 0 radical (unpaired) electrons. The predicted molar refractivity (Wildman–Crippen MR) is 145 cm³/mol. The maximum Gasteiger partial charge on any atom is 0.301 e. The van der Waals surface area contributed by atoms with Crippen molar-refractivity contribution in [1.29, 1.82) is 0 Å². The second kappa shape index (κ2) is 10.0. The smallest absolute Gasteiger partial charge is 0.301 e. The third kappa shape index (κ3) is 4.52. The van der Waals surface area contributed by atoms with E-state index in [1.165, 1.54) is 23.3 Å². The Balaban J connectivity index is 1.69. The molecule has 1 aliphatic heterocycles. The quantitative estimate of drug-likeness (QED) is 0.163. The first-order valence-corrected chi connectivity index (χ1v) is 12.8. The van der Waals surface area contributed by atoms with E-state index < -0.39 is 17.7 Å². The number of benzene rings is 3. The predicted octanol–water partition coefficient (Wildman–Crippen LogP) is 6.64. The first-order chi connectivity index (χ1) is 17.8. The first-order valence-electron chi connectivity index (χ1n) is 11.3. The molecule has 37 heavy (non-hydrogen) atoms. The number of ether oxygens (including phenoxy) is 2. The normalized spacial score (nSPS) is 17.0. The van der Waals surface area contributed by atoms with E-state index >= 15 is 0 Å². The summed E-state index contributed by atoms with van der Waals surface area (Å²) >= 11 is 13.7. The molecule has 1 fully saturated rings. The lowest BCUT2D eigenvalue weighted by Gasteiger charge is -2.23. The van der Waals surface area contributed by atoms with E-state index in [2.05, 4.69) is 4.98 Å². The fourth-order valence-electron chi connectivity index (χ4n) is 4.18. The number of methoxy groups -OCH3 is 1. The van der Waals surface area contributed by atoms with Gasteiger partial charge in [0.1, 0.15) is 17.3 Å². The minimum Gasteiger partial charge on any atom is -0.507 e. The lowest BCUT2D eigenvalue weighted by atomic mass is 9.95. The zero-order valence-electron chi connectivity index (χ0n) is 19.7. The number of aromatic nitrogens is 1. The van der Waals surface area contributed by atoms with E-state index in [9.17, 15) is 14.7 Å². The topological polar surface area (TPSA) is 89.0 Å². The number of halogens is 2. The van der Waals surface area contributed by atoms with Gasteiger partial charge in [-0.05, 0) is 67.1 Å². The largest absolute Gasteiger partial charge is 0.507 e. The highest BCUT2D eigenvalue weighted by Crippen LogP contribution is 2.45. The molecule has 4 aromatic rings. The highest BCUT2D eigenvalue weighted by Gasteiger charge is 2.48. The van der Waals surface area contributed by atoms with Crippen LogP contribution in [0.2, 0.25) is 10.0 Å². The number of aliphatic hydroxyl groups excluding tert-OH is 1. The molecule has 0 saturated carbocycles. The molecule has 7 nitrogen and oxygen atoms in total. The second-order valence-corrected chi connectivity index (χ2v) is 9.95. The number of ketones is 1. The number of fused-ring (bicyclic) bond motifs is 1. The van der Waals surface area contributed by atoms with Crippen molar-refractivity contribution >= 4 is 67.3 Å². The van der Waals surface area contributed by atoms with Gasteiger partial charge in [-0.15, -0.1) is 0 Å². The highest BCUT2D eigenvalue weighted by molar-refractivity contribution is 7.22. The van der Waals surface area contributed by atoms with E-state index in [-0.39, 0.29) is 16.4 Å². The molecule has 188 valence electrons. The summed E-state index contributed by atoms with van der Waals surface area (Å²) in [4.78, 5) is 32.7. The van der Waals surface area contributed by atoms with E-state index in [1.54, 1.807) is 54.6 Å². The Labute approximate surface area is 226 Å². The van der Waals surface area contributed by atoms with Gasteiger partial charge in [-0.25, -0.2) is 4.98 Å². The van der Waals surface area contributed by atoms with E-state index in [1.807, 2.05) is 13.0 Å². The lowest BCUT2D eigenvalue weighted by molar-refractivity contribution is -0.132. The summed E-state index contributed by atoms with van der Waals surface area (Å²) in [5.74, 6) is -0.708. The summed E-state index contributed by atoms with van der Waals surface area (Å²) in [5, 5.41) is 12.1. The second-order valence-electron chi connectivity index (χ2n) is 8.13. The van der Waals surface area contributed by atoms with Crippen LogP contribution < -0.4 is 14.4 Å². The average Bonchev–Trinajstić information content (AvgIpc) is 3.43. The summed E-state index contributed by atoms with van der Waals surface area (Å²) < 4.78 is 11.6. The summed E-state index contributed by atoms with van der Waals surface area (Å²) in [6, 6.07) is 15.8. The fraction of sp³-hybridized carbons (Fsp3) is 0.148. The van der Waals surface area contributed by atoms with Gasteiger partial charge in [-0.2, -0.15) is 0 Å². The molecular formula is C27H20Cl2N2O5S. The molecule has 2 heterocycles. The number of amides is 1. The Kier molecular flexibility index (Phi) is 6.81. The number of Topliss-reactive ketones (excluding diaryl/α,β-unsaturated/α-hetero) is 1. The van der Waals surface area contributed by atoms with Crippen LogP contribution in [-0.2, 0) is 9.59 Å². The third-order valence-corrected chi connectivity index (χ3v) is 7.69. The van der Waals surface area contributed by atoms with Gasteiger partial charge in [0.15, 0.2) is 5.13 Å². The van der Waals surface area contributed by atoms with Crippen molar-refractivity contribution in [3.63, 3.8) is 0 Å². The van der Waals surface area contributed by atoms with Crippen molar-refractivity contribution < 1.29 is 24.2 Å². The van der Waals surface area contributed by atoms with Crippen molar-refractivity contribution in [3.05, 3.63) is 87.4 Å². The molecule has 1 saturated heterocycles. The molecule has 5 rings (SSSR count). The highest BCUT2D eigenvalue weighted by atomic mass is 35.5. The number of hydrogen-bond acceptors (Lipinski definition) is 7. The number of thiazole rings is 1. The molecule has 0 bridgehead atoms. The standard InChI is InChI=1S/C27H20Cl2N2O5S/c1-3-36-17-9-11-20-21(13-17)37-27(30-20)31-23(15-6-10-18(28)19(29)12-15)22(25(33)26(31)34)24(32)14-4-7-16(35-2)8-5-14/h4-13,23,32H,3H2,1-2H3/b24-22+. The van der Waals surface area contributed by atoms with E-state index in [0.29, 0.717) is 44.9 Å². The van der Waals surface area contributed by atoms with Crippen LogP contribution in [0.25, 0.3) is 16.0 Å². The van der Waals surface area contributed by atoms with Gasteiger partial charge in [0.25, 0.3) is 5.78 Å². The summed E-state index contributed by atoms with van der Waals surface area (Å²) in [7, 11) is 1.53. The Morgan fingerprint density at radius 3 is 2.43 bits per heavy atom. The molecule has 1 aromatic heterocycles. The number of hydrogen-bond donors (Lipinski definition) is 1. The molecule has 10 heteroatoms. The van der Waals surface area contributed by atoms with Gasteiger partial charge in [-0.3, -0.25) is 14.5 Å². The van der Waals surface area contributed by atoms with Crippen LogP contribution in [0.1, 0.15) is 24.1 Å². The Morgan fingerprint density at radius 2 is 1.76 bits per heavy atom. The van der Waals surface area contributed by atoms with Crippen molar-refractivity contribution in [3.8, 4) is 11.5 Å².